The highest BCUT2D eigenvalue weighted by Gasteiger charge is 2.37. The van der Waals surface area contributed by atoms with Crippen LogP contribution in [0.3, 0.4) is 0 Å². The third-order valence-electron chi connectivity index (χ3n) is 4.56. The molecule has 2 heterocycles. The first-order valence-corrected chi connectivity index (χ1v) is 7.98. The van der Waals surface area contributed by atoms with Gasteiger partial charge in [-0.1, -0.05) is 34.6 Å². The number of hydrogen-bond donors (Lipinski definition) is 2. The zero-order chi connectivity index (χ0) is 14.8. The van der Waals surface area contributed by atoms with Gasteiger partial charge in [0.15, 0.2) is 0 Å². The Kier molecular flexibility index (Phi) is 5.11. The van der Waals surface area contributed by atoms with Crippen LogP contribution in [0.2, 0.25) is 0 Å². The summed E-state index contributed by atoms with van der Waals surface area (Å²) < 4.78 is 11.5. The van der Waals surface area contributed by atoms with Crippen LogP contribution < -0.4 is 10.6 Å². The van der Waals surface area contributed by atoms with Crippen LogP contribution in [0.25, 0.3) is 0 Å². The van der Waals surface area contributed by atoms with Crippen molar-refractivity contribution in [3.63, 3.8) is 0 Å². The lowest BCUT2D eigenvalue weighted by atomic mass is 9.77. The summed E-state index contributed by atoms with van der Waals surface area (Å²) in [5, 5.41) is 7.30. The van der Waals surface area contributed by atoms with Gasteiger partial charge >= 0.3 is 0 Å². The van der Waals surface area contributed by atoms with Gasteiger partial charge in [-0.3, -0.25) is 5.32 Å². The molecule has 0 radical (unpaired) electrons. The van der Waals surface area contributed by atoms with Crippen molar-refractivity contribution in [3.05, 3.63) is 0 Å². The molecule has 0 amide bonds. The first-order valence-electron chi connectivity index (χ1n) is 7.98. The van der Waals surface area contributed by atoms with Crippen molar-refractivity contribution in [2.75, 3.05) is 26.4 Å². The van der Waals surface area contributed by atoms with Gasteiger partial charge in [-0.25, -0.2) is 0 Å². The van der Waals surface area contributed by atoms with Gasteiger partial charge in [0.05, 0.1) is 19.8 Å². The highest BCUT2D eigenvalue weighted by Crippen LogP contribution is 2.32. The molecule has 3 unspecified atom stereocenters. The van der Waals surface area contributed by atoms with Crippen LogP contribution in [0.1, 0.15) is 47.5 Å². The molecule has 2 aliphatic rings. The first-order chi connectivity index (χ1) is 9.29. The third kappa shape index (κ3) is 4.17. The SMILES string of the molecule is CC(C)(C)C1NC(CC(C)(C)C2COCCN2)CCO1. The topological polar surface area (TPSA) is 42.5 Å². The van der Waals surface area contributed by atoms with Crippen molar-refractivity contribution in [2.24, 2.45) is 10.8 Å². The first kappa shape index (κ1) is 16.2. The average Bonchev–Trinajstić information content (AvgIpc) is 2.38. The van der Waals surface area contributed by atoms with Gasteiger partial charge in [0.1, 0.15) is 6.23 Å². The van der Waals surface area contributed by atoms with E-state index < -0.39 is 0 Å². The zero-order valence-corrected chi connectivity index (χ0v) is 13.8. The smallest absolute Gasteiger partial charge is 0.113 e. The summed E-state index contributed by atoms with van der Waals surface area (Å²) in [6.07, 6.45) is 2.42. The normalized spacial score (nSPS) is 33.1. The summed E-state index contributed by atoms with van der Waals surface area (Å²) >= 11 is 0. The molecule has 3 atom stereocenters. The molecule has 0 spiro atoms. The largest absolute Gasteiger partial charge is 0.378 e. The minimum atomic E-state index is 0.148. The Morgan fingerprint density at radius 1 is 1.10 bits per heavy atom. The molecule has 2 fully saturated rings. The molecular weight excluding hydrogens is 252 g/mol. The Morgan fingerprint density at radius 3 is 2.45 bits per heavy atom. The maximum atomic E-state index is 5.88. The fourth-order valence-electron chi connectivity index (χ4n) is 3.18. The highest BCUT2D eigenvalue weighted by atomic mass is 16.5. The molecule has 0 aromatic rings. The molecule has 0 bridgehead atoms. The summed E-state index contributed by atoms with van der Waals surface area (Å²) in [5.41, 5.74) is 0.382. The van der Waals surface area contributed by atoms with Crippen LogP contribution in [0, 0.1) is 10.8 Å². The van der Waals surface area contributed by atoms with E-state index in [2.05, 4.69) is 45.3 Å². The van der Waals surface area contributed by atoms with Gasteiger partial charge in [0, 0.05) is 24.0 Å². The molecule has 2 rings (SSSR count). The Labute approximate surface area is 124 Å². The molecule has 2 aliphatic heterocycles. The number of nitrogens with one attached hydrogen (secondary N) is 2. The number of ether oxygens (including phenoxy) is 2. The maximum Gasteiger partial charge on any atom is 0.113 e. The predicted octanol–water partition coefficient (Wildman–Crippen LogP) is 2.14. The van der Waals surface area contributed by atoms with Crippen molar-refractivity contribution < 1.29 is 9.47 Å². The number of hydrogen-bond acceptors (Lipinski definition) is 4. The summed E-state index contributed by atoms with van der Waals surface area (Å²) in [6, 6.07) is 0.987. The van der Waals surface area contributed by atoms with Crippen LogP contribution in [0.4, 0.5) is 0 Å². The molecular formula is C16H32N2O2. The summed E-state index contributed by atoms with van der Waals surface area (Å²) in [6.45, 7) is 14.9. The van der Waals surface area contributed by atoms with E-state index in [1.165, 1.54) is 0 Å². The highest BCUT2D eigenvalue weighted by molar-refractivity contribution is 4.91. The van der Waals surface area contributed by atoms with E-state index >= 15 is 0 Å². The van der Waals surface area contributed by atoms with Crippen molar-refractivity contribution in [1.29, 1.82) is 0 Å². The fraction of sp³-hybridized carbons (Fsp3) is 1.00. The second-order valence-electron chi connectivity index (χ2n) is 8.04. The van der Waals surface area contributed by atoms with E-state index in [0.717, 1.165) is 39.2 Å². The van der Waals surface area contributed by atoms with Gasteiger partial charge in [-0.2, -0.15) is 0 Å². The molecule has 0 aromatic heterocycles. The second kappa shape index (κ2) is 6.30. The van der Waals surface area contributed by atoms with Crippen molar-refractivity contribution in [2.45, 2.75) is 65.8 Å². The van der Waals surface area contributed by atoms with Gasteiger partial charge in [-0.15, -0.1) is 0 Å². The van der Waals surface area contributed by atoms with E-state index in [1.807, 2.05) is 0 Å². The van der Waals surface area contributed by atoms with Crippen LogP contribution in [0.15, 0.2) is 0 Å². The molecule has 4 heteroatoms. The summed E-state index contributed by atoms with van der Waals surface area (Å²) in [4.78, 5) is 0. The quantitative estimate of drug-likeness (QED) is 0.833. The van der Waals surface area contributed by atoms with Gasteiger partial charge < -0.3 is 14.8 Å². The van der Waals surface area contributed by atoms with Crippen LogP contribution in [-0.2, 0) is 9.47 Å². The monoisotopic (exact) mass is 284 g/mol. The molecule has 2 N–H and O–H groups in total. The minimum absolute atomic E-state index is 0.148. The van der Waals surface area contributed by atoms with E-state index in [1.54, 1.807) is 0 Å². The standard InChI is InChI=1S/C16H32N2O2/c1-15(2,3)14-18-12(6-8-20-14)10-16(4,5)13-11-19-9-7-17-13/h12-14,17-18H,6-11H2,1-5H3. The predicted molar refractivity (Wildman–Crippen MR) is 81.7 cm³/mol. The van der Waals surface area contributed by atoms with Gasteiger partial charge in [0.2, 0.25) is 0 Å². The average molecular weight is 284 g/mol. The van der Waals surface area contributed by atoms with Crippen molar-refractivity contribution in [1.82, 2.24) is 10.6 Å². The number of rotatable bonds is 3. The second-order valence-corrected chi connectivity index (χ2v) is 8.04. The fourth-order valence-corrected chi connectivity index (χ4v) is 3.18. The molecule has 118 valence electrons. The molecule has 2 saturated heterocycles. The lowest BCUT2D eigenvalue weighted by Crippen LogP contribution is -2.56. The van der Waals surface area contributed by atoms with E-state index in [9.17, 15) is 0 Å². The zero-order valence-electron chi connectivity index (χ0n) is 13.8. The van der Waals surface area contributed by atoms with E-state index in [4.69, 9.17) is 9.47 Å². The van der Waals surface area contributed by atoms with Crippen molar-refractivity contribution >= 4 is 0 Å². The summed E-state index contributed by atoms with van der Waals surface area (Å²) in [7, 11) is 0. The van der Waals surface area contributed by atoms with Gasteiger partial charge in [0.25, 0.3) is 0 Å². The maximum absolute atomic E-state index is 5.88. The van der Waals surface area contributed by atoms with E-state index in [0.29, 0.717) is 12.1 Å². The Bertz CT molecular complexity index is 306. The molecule has 0 aromatic carbocycles. The van der Waals surface area contributed by atoms with Crippen LogP contribution >= 0.6 is 0 Å². The third-order valence-corrected chi connectivity index (χ3v) is 4.56. The lowest BCUT2D eigenvalue weighted by molar-refractivity contribution is -0.0844. The Morgan fingerprint density at radius 2 is 1.85 bits per heavy atom. The van der Waals surface area contributed by atoms with Crippen LogP contribution in [0.5, 0.6) is 0 Å². The molecule has 0 saturated carbocycles. The number of morpholine rings is 1. The molecule has 0 aliphatic carbocycles. The summed E-state index contributed by atoms with van der Waals surface area (Å²) in [5.74, 6) is 0. The minimum Gasteiger partial charge on any atom is -0.378 e. The van der Waals surface area contributed by atoms with Crippen LogP contribution in [-0.4, -0.2) is 44.7 Å². The Hall–Kier alpha value is -0.160. The van der Waals surface area contributed by atoms with Crippen molar-refractivity contribution in [3.8, 4) is 0 Å². The lowest BCUT2D eigenvalue weighted by Gasteiger charge is -2.44. The van der Waals surface area contributed by atoms with E-state index in [-0.39, 0.29) is 17.1 Å². The molecule has 4 nitrogen and oxygen atoms in total. The molecule has 20 heavy (non-hydrogen) atoms. The van der Waals surface area contributed by atoms with Gasteiger partial charge in [-0.05, 0) is 18.3 Å². The Balaban J connectivity index is 1.91.